The summed E-state index contributed by atoms with van der Waals surface area (Å²) in [6.45, 7) is 2.61. The molecule has 0 amide bonds. The minimum Gasteiger partial charge on any atom is -0.330 e. The van der Waals surface area contributed by atoms with E-state index in [1.807, 2.05) is 0 Å². The predicted octanol–water partition coefficient (Wildman–Crippen LogP) is 2.32. The minimum atomic E-state index is -0.653. The average Bonchev–Trinajstić information content (AvgIpc) is 2.14. The molecule has 1 saturated carbocycles. The zero-order chi connectivity index (χ0) is 10.2. The lowest BCUT2D eigenvalue weighted by Gasteiger charge is -2.44. The number of hydrogen-bond acceptors (Lipinski definition) is 1. The summed E-state index contributed by atoms with van der Waals surface area (Å²) >= 11 is 0. The Morgan fingerprint density at radius 1 is 1.36 bits per heavy atom. The second kappa shape index (κ2) is 3.35. The molecule has 0 saturated heterocycles. The smallest absolute Gasteiger partial charge is 0.102 e. The van der Waals surface area contributed by atoms with E-state index >= 15 is 0 Å². The van der Waals surface area contributed by atoms with Gasteiger partial charge in [-0.3, -0.25) is 0 Å². The monoisotopic (exact) mass is 193 g/mol. The fraction of sp³-hybridized carbons (Fsp3) is 0.500. The number of hydrogen-bond donors (Lipinski definition) is 1. The number of benzene rings is 1. The Labute approximate surface area is 84.1 Å². The largest absolute Gasteiger partial charge is 0.330 e. The van der Waals surface area contributed by atoms with Gasteiger partial charge in [-0.15, -0.1) is 0 Å². The number of alkyl halides is 1. The molecule has 2 N–H and O–H groups in total. The third kappa shape index (κ3) is 1.44. The van der Waals surface area contributed by atoms with E-state index in [-0.39, 0.29) is 5.41 Å². The van der Waals surface area contributed by atoms with Crippen molar-refractivity contribution in [3.8, 4) is 0 Å². The van der Waals surface area contributed by atoms with Crippen LogP contribution in [0.5, 0.6) is 0 Å². The van der Waals surface area contributed by atoms with Crippen LogP contribution in [0.1, 0.15) is 24.0 Å². The molecule has 1 nitrogen and oxygen atoms in total. The summed E-state index contributed by atoms with van der Waals surface area (Å²) in [6, 6.07) is 8.29. The van der Waals surface area contributed by atoms with Crippen LogP contribution in [-0.2, 0) is 5.41 Å². The summed E-state index contributed by atoms with van der Waals surface area (Å²) in [6.07, 6.45) is 0.527. The standard InChI is InChI=1S/C12H16FN/c1-9-2-4-10(5-3-9)12(8-14)6-11(13)7-12/h2-5,11H,6-8,14H2,1H3. The highest BCUT2D eigenvalue weighted by atomic mass is 19.1. The number of halogens is 1. The van der Waals surface area contributed by atoms with Crippen LogP contribution in [0.25, 0.3) is 0 Å². The summed E-state index contributed by atoms with van der Waals surface area (Å²) in [5.41, 5.74) is 8.09. The predicted molar refractivity (Wildman–Crippen MR) is 56.0 cm³/mol. The van der Waals surface area contributed by atoms with E-state index in [9.17, 15) is 4.39 Å². The lowest BCUT2D eigenvalue weighted by molar-refractivity contribution is 0.0997. The van der Waals surface area contributed by atoms with Gasteiger partial charge in [0.25, 0.3) is 0 Å². The van der Waals surface area contributed by atoms with Gasteiger partial charge in [-0.1, -0.05) is 29.8 Å². The maximum Gasteiger partial charge on any atom is 0.102 e. The molecule has 14 heavy (non-hydrogen) atoms. The summed E-state index contributed by atoms with van der Waals surface area (Å²) in [7, 11) is 0. The first-order valence-corrected chi connectivity index (χ1v) is 5.07. The van der Waals surface area contributed by atoms with Gasteiger partial charge in [0.2, 0.25) is 0 Å². The molecule has 2 heteroatoms. The number of rotatable bonds is 2. The molecule has 2 rings (SSSR count). The molecule has 0 atom stereocenters. The van der Waals surface area contributed by atoms with Crippen molar-refractivity contribution < 1.29 is 4.39 Å². The molecule has 1 aromatic rings. The summed E-state index contributed by atoms with van der Waals surface area (Å²) < 4.78 is 12.9. The van der Waals surface area contributed by atoms with Crippen LogP contribution in [0.4, 0.5) is 4.39 Å². The molecule has 0 radical (unpaired) electrons. The van der Waals surface area contributed by atoms with E-state index in [0.29, 0.717) is 19.4 Å². The third-order valence-electron chi connectivity index (χ3n) is 3.28. The molecule has 1 fully saturated rings. The molecule has 0 bridgehead atoms. The first-order valence-electron chi connectivity index (χ1n) is 5.07. The minimum absolute atomic E-state index is 0.0763. The second-order valence-corrected chi connectivity index (χ2v) is 4.36. The molecule has 1 aromatic carbocycles. The van der Waals surface area contributed by atoms with Crippen molar-refractivity contribution in [2.24, 2.45) is 5.73 Å². The van der Waals surface area contributed by atoms with Crippen molar-refractivity contribution in [1.82, 2.24) is 0 Å². The van der Waals surface area contributed by atoms with E-state index in [1.54, 1.807) is 0 Å². The SMILES string of the molecule is Cc1ccc(C2(CN)CC(F)C2)cc1. The maximum absolute atomic E-state index is 12.9. The van der Waals surface area contributed by atoms with E-state index in [0.717, 1.165) is 0 Å². The molecule has 0 unspecified atom stereocenters. The molecule has 0 aliphatic heterocycles. The molecule has 76 valence electrons. The van der Waals surface area contributed by atoms with Gasteiger partial charge in [0, 0.05) is 12.0 Å². The summed E-state index contributed by atoms with van der Waals surface area (Å²) in [5, 5.41) is 0. The van der Waals surface area contributed by atoms with Gasteiger partial charge in [-0.25, -0.2) is 4.39 Å². The van der Waals surface area contributed by atoms with Gasteiger partial charge in [-0.2, -0.15) is 0 Å². The second-order valence-electron chi connectivity index (χ2n) is 4.36. The zero-order valence-electron chi connectivity index (χ0n) is 8.46. The Balaban J connectivity index is 2.25. The molecule has 0 aromatic heterocycles. The van der Waals surface area contributed by atoms with Gasteiger partial charge in [0.15, 0.2) is 0 Å². The van der Waals surface area contributed by atoms with Crippen molar-refractivity contribution in [2.75, 3.05) is 6.54 Å². The Bertz CT molecular complexity index is 312. The van der Waals surface area contributed by atoms with Crippen LogP contribution in [0.15, 0.2) is 24.3 Å². The Morgan fingerprint density at radius 3 is 2.36 bits per heavy atom. The lowest BCUT2D eigenvalue weighted by Crippen LogP contribution is -2.48. The summed E-state index contributed by atoms with van der Waals surface area (Å²) in [4.78, 5) is 0. The maximum atomic E-state index is 12.9. The third-order valence-corrected chi connectivity index (χ3v) is 3.28. The molecule has 0 spiro atoms. The molecular formula is C12H16FN. The van der Waals surface area contributed by atoms with Crippen LogP contribution in [0.2, 0.25) is 0 Å². The lowest BCUT2D eigenvalue weighted by atomic mass is 9.63. The van der Waals surface area contributed by atoms with Crippen molar-refractivity contribution >= 4 is 0 Å². The van der Waals surface area contributed by atoms with Gasteiger partial charge in [0.05, 0.1) is 0 Å². The van der Waals surface area contributed by atoms with E-state index in [2.05, 4.69) is 31.2 Å². The quantitative estimate of drug-likeness (QED) is 0.766. The zero-order valence-corrected chi connectivity index (χ0v) is 8.46. The highest BCUT2D eigenvalue weighted by Gasteiger charge is 2.44. The molecular weight excluding hydrogens is 177 g/mol. The highest BCUT2D eigenvalue weighted by molar-refractivity contribution is 5.32. The van der Waals surface area contributed by atoms with Crippen molar-refractivity contribution in [3.63, 3.8) is 0 Å². The van der Waals surface area contributed by atoms with Crippen LogP contribution < -0.4 is 5.73 Å². The first kappa shape index (κ1) is 9.66. The van der Waals surface area contributed by atoms with Gasteiger partial charge >= 0.3 is 0 Å². The van der Waals surface area contributed by atoms with E-state index in [1.165, 1.54) is 11.1 Å². The Kier molecular flexibility index (Phi) is 2.31. The fourth-order valence-corrected chi connectivity index (χ4v) is 2.22. The van der Waals surface area contributed by atoms with Crippen LogP contribution >= 0.6 is 0 Å². The normalized spacial score (nSPS) is 31.2. The van der Waals surface area contributed by atoms with Crippen molar-refractivity contribution in [3.05, 3.63) is 35.4 Å². The van der Waals surface area contributed by atoms with Crippen molar-refractivity contribution in [1.29, 1.82) is 0 Å². The highest BCUT2D eigenvalue weighted by Crippen LogP contribution is 2.44. The van der Waals surface area contributed by atoms with E-state index < -0.39 is 6.17 Å². The van der Waals surface area contributed by atoms with E-state index in [4.69, 9.17) is 5.73 Å². The molecule has 1 aliphatic carbocycles. The Morgan fingerprint density at radius 2 is 1.93 bits per heavy atom. The first-order chi connectivity index (χ1) is 6.66. The fourth-order valence-electron chi connectivity index (χ4n) is 2.22. The topological polar surface area (TPSA) is 26.0 Å². The number of aryl methyl sites for hydroxylation is 1. The van der Waals surface area contributed by atoms with Gasteiger partial charge < -0.3 is 5.73 Å². The summed E-state index contributed by atoms with van der Waals surface area (Å²) in [5.74, 6) is 0. The number of nitrogens with two attached hydrogens (primary N) is 1. The van der Waals surface area contributed by atoms with Crippen LogP contribution in [-0.4, -0.2) is 12.7 Å². The van der Waals surface area contributed by atoms with Crippen LogP contribution in [0, 0.1) is 6.92 Å². The molecule has 0 heterocycles. The average molecular weight is 193 g/mol. The molecule has 1 aliphatic rings. The Hall–Kier alpha value is -0.890. The van der Waals surface area contributed by atoms with Crippen molar-refractivity contribution in [2.45, 2.75) is 31.4 Å². The van der Waals surface area contributed by atoms with Gasteiger partial charge in [-0.05, 0) is 25.3 Å². The van der Waals surface area contributed by atoms with Crippen LogP contribution in [0.3, 0.4) is 0 Å². The van der Waals surface area contributed by atoms with Gasteiger partial charge in [0.1, 0.15) is 6.17 Å².